The third-order valence-electron chi connectivity index (χ3n) is 5.72. The minimum absolute atomic E-state index is 0.340. The normalized spacial score (nSPS) is 23.5. The van der Waals surface area contributed by atoms with Crippen molar-refractivity contribution in [3.8, 4) is 0 Å². The molecule has 1 aromatic rings. The highest BCUT2D eigenvalue weighted by Gasteiger charge is 2.44. The first-order valence-corrected chi connectivity index (χ1v) is 8.86. The second kappa shape index (κ2) is 6.93. The Morgan fingerprint density at radius 1 is 1.00 bits per heavy atom. The van der Waals surface area contributed by atoms with Gasteiger partial charge in [-0.1, -0.05) is 43.2 Å². The Bertz CT molecular complexity index is 416. The third-order valence-corrected chi connectivity index (χ3v) is 5.72. The fraction of sp³-hybridized carbons (Fsp3) is 0.684. The fourth-order valence-corrected chi connectivity index (χ4v) is 4.51. The highest BCUT2D eigenvalue weighted by Crippen LogP contribution is 2.40. The number of hydrogen-bond acceptors (Lipinski definition) is 2. The maximum Gasteiger partial charge on any atom is 0.0360 e. The molecule has 0 aromatic heterocycles. The average molecular weight is 286 g/mol. The molecule has 1 aromatic carbocycles. The molecular weight excluding hydrogens is 256 g/mol. The number of nitrogens with two attached hydrogens (primary N) is 1. The molecule has 0 radical (unpaired) electrons. The van der Waals surface area contributed by atoms with Gasteiger partial charge in [0.05, 0.1) is 0 Å². The van der Waals surface area contributed by atoms with Crippen LogP contribution < -0.4 is 5.73 Å². The van der Waals surface area contributed by atoms with Gasteiger partial charge in [0, 0.05) is 11.6 Å². The zero-order chi connectivity index (χ0) is 14.5. The zero-order valence-corrected chi connectivity index (χ0v) is 13.3. The van der Waals surface area contributed by atoms with E-state index in [9.17, 15) is 0 Å². The fourth-order valence-electron chi connectivity index (χ4n) is 4.51. The topological polar surface area (TPSA) is 29.3 Å². The molecule has 2 N–H and O–H groups in total. The van der Waals surface area contributed by atoms with Crippen molar-refractivity contribution in [2.24, 2.45) is 5.73 Å². The number of hydrogen-bond donors (Lipinski definition) is 1. The van der Waals surface area contributed by atoms with Crippen molar-refractivity contribution in [2.75, 3.05) is 13.1 Å². The van der Waals surface area contributed by atoms with Gasteiger partial charge in [0.15, 0.2) is 0 Å². The SMILES string of the molecule is NC(CCCc1ccccc1)C1(N2CCCC2)CCCC1. The second-order valence-electron chi connectivity index (χ2n) is 6.99. The van der Waals surface area contributed by atoms with Gasteiger partial charge in [-0.3, -0.25) is 4.90 Å². The molecule has 0 amide bonds. The Morgan fingerprint density at radius 3 is 2.33 bits per heavy atom. The highest BCUT2D eigenvalue weighted by molar-refractivity contribution is 5.14. The van der Waals surface area contributed by atoms with E-state index in [2.05, 4.69) is 35.2 Å². The maximum absolute atomic E-state index is 6.72. The van der Waals surface area contributed by atoms with E-state index < -0.39 is 0 Å². The van der Waals surface area contributed by atoms with E-state index in [0.717, 1.165) is 0 Å². The second-order valence-corrected chi connectivity index (χ2v) is 6.99. The minimum atomic E-state index is 0.340. The Balaban J connectivity index is 1.56. The van der Waals surface area contributed by atoms with Crippen LogP contribution >= 0.6 is 0 Å². The Hall–Kier alpha value is -0.860. The van der Waals surface area contributed by atoms with Gasteiger partial charge in [-0.05, 0) is 63.6 Å². The van der Waals surface area contributed by atoms with Crippen LogP contribution in [0.2, 0.25) is 0 Å². The van der Waals surface area contributed by atoms with Crippen LogP contribution in [0.25, 0.3) is 0 Å². The van der Waals surface area contributed by atoms with Gasteiger partial charge in [0.25, 0.3) is 0 Å². The molecule has 1 atom stereocenters. The lowest BCUT2D eigenvalue weighted by molar-refractivity contribution is 0.0880. The standard InChI is InChI=1S/C19H30N2/c20-18(12-8-11-17-9-2-1-3-10-17)19(13-4-5-14-19)21-15-6-7-16-21/h1-3,9-10,18H,4-8,11-16,20H2. The third kappa shape index (κ3) is 3.32. The summed E-state index contributed by atoms with van der Waals surface area (Å²) >= 11 is 0. The van der Waals surface area contributed by atoms with Crippen LogP contribution in [-0.4, -0.2) is 29.6 Å². The molecule has 2 fully saturated rings. The predicted octanol–water partition coefficient (Wildman–Crippen LogP) is 3.75. The molecule has 2 heteroatoms. The number of nitrogens with zero attached hydrogens (tertiary/aromatic N) is 1. The van der Waals surface area contributed by atoms with E-state index in [1.54, 1.807) is 0 Å². The van der Waals surface area contributed by atoms with Crippen molar-refractivity contribution in [1.29, 1.82) is 0 Å². The van der Waals surface area contributed by atoms with Gasteiger partial charge in [0.2, 0.25) is 0 Å². The lowest BCUT2D eigenvalue weighted by atomic mass is 9.83. The zero-order valence-electron chi connectivity index (χ0n) is 13.3. The van der Waals surface area contributed by atoms with Gasteiger partial charge in [0.1, 0.15) is 0 Å². The monoisotopic (exact) mass is 286 g/mol. The summed E-state index contributed by atoms with van der Waals surface area (Å²) in [5, 5.41) is 0. The molecule has 1 saturated heterocycles. The van der Waals surface area contributed by atoms with Gasteiger partial charge in [-0.15, -0.1) is 0 Å². The Labute approximate surface area is 129 Å². The van der Waals surface area contributed by atoms with Crippen molar-refractivity contribution in [3.05, 3.63) is 35.9 Å². The summed E-state index contributed by atoms with van der Waals surface area (Å²) in [6, 6.07) is 11.2. The van der Waals surface area contributed by atoms with E-state index in [4.69, 9.17) is 5.73 Å². The van der Waals surface area contributed by atoms with Crippen LogP contribution in [0.3, 0.4) is 0 Å². The molecule has 2 nitrogen and oxygen atoms in total. The largest absolute Gasteiger partial charge is 0.326 e. The number of rotatable bonds is 6. The van der Waals surface area contributed by atoms with Crippen LogP contribution in [0.4, 0.5) is 0 Å². The number of aryl methyl sites for hydroxylation is 1. The molecular formula is C19H30N2. The van der Waals surface area contributed by atoms with Crippen LogP contribution in [0.5, 0.6) is 0 Å². The maximum atomic E-state index is 6.72. The van der Waals surface area contributed by atoms with E-state index in [-0.39, 0.29) is 0 Å². The van der Waals surface area contributed by atoms with Crippen LogP contribution in [-0.2, 0) is 6.42 Å². The molecule has 3 rings (SSSR count). The molecule has 0 bridgehead atoms. The van der Waals surface area contributed by atoms with Crippen molar-refractivity contribution in [3.63, 3.8) is 0 Å². The summed E-state index contributed by atoms with van der Waals surface area (Å²) < 4.78 is 0. The summed E-state index contributed by atoms with van der Waals surface area (Å²) in [7, 11) is 0. The smallest absolute Gasteiger partial charge is 0.0360 e. The first kappa shape index (κ1) is 15.1. The van der Waals surface area contributed by atoms with Gasteiger partial charge in [-0.2, -0.15) is 0 Å². The minimum Gasteiger partial charge on any atom is -0.326 e. The van der Waals surface area contributed by atoms with Gasteiger partial charge < -0.3 is 5.73 Å². The van der Waals surface area contributed by atoms with E-state index >= 15 is 0 Å². The molecule has 1 aliphatic heterocycles. The van der Waals surface area contributed by atoms with Gasteiger partial charge >= 0.3 is 0 Å². The van der Waals surface area contributed by atoms with Crippen LogP contribution in [0.15, 0.2) is 30.3 Å². The van der Waals surface area contributed by atoms with Crippen LogP contribution in [0.1, 0.15) is 56.9 Å². The average Bonchev–Trinajstić information content (AvgIpc) is 3.20. The number of likely N-dealkylation sites (tertiary alicyclic amines) is 1. The van der Waals surface area contributed by atoms with Crippen LogP contribution in [0, 0.1) is 0 Å². The Morgan fingerprint density at radius 2 is 1.67 bits per heavy atom. The first-order chi connectivity index (χ1) is 10.3. The summed E-state index contributed by atoms with van der Waals surface area (Å²) in [5.74, 6) is 0. The van der Waals surface area contributed by atoms with E-state index in [0.29, 0.717) is 11.6 Å². The quantitative estimate of drug-likeness (QED) is 0.863. The molecule has 1 unspecified atom stereocenters. The van der Waals surface area contributed by atoms with Crippen molar-refractivity contribution in [2.45, 2.75) is 69.4 Å². The Kier molecular flexibility index (Phi) is 4.97. The van der Waals surface area contributed by atoms with E-state index in [1.807, 2.05) is 0 Å². The summed E-state index contributed by atoms with van der Waals surface area (Å²) in [5.41, 5.74) is 8.51. The highest BCUT2D eigenvalue weighted by atomic mass is 15.2. The first-order valence-electron chi connectivity index (χ1n) is 8.86. The molecule has 2 aliphatic rings. The summed E-state index contributed by atoms with van der Waals surface area (Å²) in [4.78, 5) is 2.74. The van der Waals surface area contributed by atoms with Crippen molar-refractivity contribution in [1.82, 2.24) is 4.90 Å². The molecule has 116 valence electrons. The molecule has 1 saturated carbocycles. The number of benzene rings is 1. The van der Waals surface area contributed by atoms with Crippen molar-refractivity contribution < 1.29 is 0 Å². The summed E-state index contributed by atoms with van der Waals surface area (Å²) in [6.07, 6.45) is 11.7. The molecule has 21 heavy (non-hydrogen) atoms. The molecule has 1 heterocycles. The van der Waals surface area contributed by atoms with E-state index in [1.165, 1.54) is 76.4 Å². The lowest BCUT2D eigenvalue weighted by Gasteiger charge is -2.43. The lowest BCUT2D eigenvalue weighted by Crippen LogP contribution is -2.57. The van der Waals surface area contributed by atoms with Crippen molar-refractivity contribution >= 4 is 0 Å². The van der Waals surface area contributed by atoms with Gasteiger partial charge in [-0.25, -0.2) is 0 Å². The summed E-state index contributed by atoms with van der Waals surface area (Å²) in [6.45, 7) is 2.57. The predicted molar refractivity (Wildman–Crippen MR) is 89.4 cm³/mol. The molecule has 1 aliphatic carbocycles. The molecule has 0 spiro atoms.